The maximum Gasteiger partial charge on any atom is 0.251 e. The molecule has 1 saturated heterocycles. The molecule has 6 nitrogen and oxygen atoms in total. The highest BCUT2D eigenvalue weighted by molar-refractivity contribution is 5.97. The van der Waals surface area contributed by atoms with Gasteiger partial charge in [-0.25, -0.2) is 13.8 Å². The summed E-state index contributed by atoms with van der Waals surface area (Å²) in [5.41, 5.74) is 9.43. The van der Waals surface area contributed by atoms with Crippen molar-refractivity contribution in [2.24, 2.45) is 5.92 Å². The quantitative estimate of drug-likeness (QED) is 0.580. The van der Waals surface area contributed by atoms with E-state index in [9.17, 15) is 4.79 Å². The molecule has 0 spiro atoms. The lowest BCUT2D eigenvalue weighted by atomic mass is 9.93. The third-order valence-corrected chi connectivity index (χ3v) is 6.79. The minimum Gasteiger partial charge on any atom is -0.383 e. The number of benzene rings is 2. The minimum atomic E-state index is -0.575. The Morgan fingerprint density at radius 2 is 1.89 bits per heavy atom. The highest BCUT2D eigenvalue weighted by atomic mass is 19.1. The van der Waals surface area contributed by atoms with Crippen molar-refractivity contribution in [3.05, 3.63) is 65.4 Å². The first-order chi connectivity index (χ1) is 16.8. The Kier molecular flexibility index (Phi) is 6.15. The lowest BCUT2D eigenvalue weighted by Crippen LogP contribution is -2.44. The predicted molar refractivity (Wildman–Crippen MR) is 132 cm³/mol. The van der Waals surface area contributed by atoms with Crippen molar-refractivity contribution >= 4 is 17.4 Å². The van der Waals surface area contributed by atoms with Crippen LogP contribution in [0.5, 0.6) is 0 Å². The normalized spacial score (nSPS) is 17.9. The van der Waals surface area contributed by atoms with Gasteiger partial charge in [-0.2, -0.15) is 0 Å². The van der Waals surface area contributed by atoms with Gasteiger partial charge >= 0.3 is 0 Å². The van der Waals surface area contributed by atoms with E-state index in [1.165, 1.54) is 18.3 Å². The van der Waals surface area contributed by atoms with Crippen molar-refractivity contribution in [2.45, 2.75) is 26.4 Å². The second-order valence-electron chi connectivity index (χ2n) is 9.42. The molecule has 0 radical (unpaired) electrons. The van der Waals surface area contributed by atoms with Crippen LogP contribution in [0.2, 0.25) is 0 Å². The second-order valence-corrected chi connectivity index (χ2v) is 9.42. The van der Waals surface area contributed by atoms with Crippen LogP contribution in [-0.2, 0) is 11.2 Å². The molecule has 2 aromatic carbocycles. The van der Waals surface area contributed by atoms with Gasteiger partial charge in [0.05, 0.1) is 12.7 Å². The fourth-order valence-electron chi connectivity index (χ4n) is 4.74. The SMILES string of the molecule is CC(C)[C@H]1CN(c2ccc(-c3cnc(N)c(-c4cc5c(cc4F)C(=O)NCC5)c3)c(F)c2)CCO1. The number of hydrogen-bond donors (Lipinski definition) is 2. The molecular formula is C27H28F2N4O2. The van der Waals surface area contributed by atoms with Gasteiger partial charge in [0.1, 0.15) is 17.5 Å². The number of morpholine rings is 1. The van der Waals surface area contributed by atoms with Crippen molar-refractivity contribution < 1.29 is 18.3 Å². The van der Waals surface area contributed by atoms with E-state index in [2.05, 4.69) is 29.0 Å². The van der Waals surface area contributed by atoms with Crippen LogP contribution in [0.3, 0.4) is 0 Å². The zero-order chi connectivity index (χ0) is 24.7. The average Bonchev–Trinajstić information content (AvgIpc) is 2.85. The maximum absolute atomic E-state index is 15.3. The Labute approximate surface area is 203 Å². The molecule has 2 aliphatic rings. The number of hydrogen-bond acceptors (Lipinski definition) is 5. The number of aromatic nitrogens is 1. The van der Waals surface area contributed by atoms with E-state index >= 15 is 8.78 Å². The van der Waals surface area contributed by atoms with E-state index in [1.807, 2.05) is 6.07 Å². The molecule has 1 aromatic heterocycles. The van der Waals surface area contributed by atoms with Gasteiger partial charge in [-0.15, -0.1) is 0 Å². The van der Waals surface area contributed by atoms with Crippen molar-refractivity contribution in [1.29, 1.82) is 0 Å². The van der Waals surface area contributed by atoms with Crippen molar-refractivity contribution in [3.8, 4) is 22.3 Å². The number of carbonyl (C=O) groups is 1. The van der Waals surface area contributed by atoms with Gasteiger partial charge in [-0.1, -0.05) is 13.8 Å². The van der Waals surface area contributed by atoms with E-state index in [4.69, 9.17) is 10.5 Å². The number of pyridine rings is 1. The number of nitrogen functional groups attached to an aromatic ring is 1. The Morgan fingerprint density at radius 3 is 2.66 bits per heavy atom. The predicted octanol–water partition coefficient (Wildman–Crippen LogP) is 4.42. The van der Waals surface area contributed by atoms with E-state index < -0.39 is 11.6 Å². The number of carbonyl (C=O) groups excluding carboxylic acids is 1. The number of rotatable bonds is 4. The fourth-order valence-corrected chi connectivity index (χ4v) is 4.74. The number of ether oxygens (including phenoxy) is 1. The smallest absolute Gasteiger partial charge is 0.251 e. The summed E-state index contributed by atoms with van der Waals surface area (Å²) in [5.74, 6) is -0.749. The standard InChI is InChI=1S/C27H28F2N4O2/c1-15(2)25-14-33(7-8-35-25)18-3-4-19(23(28)11-18)17-10-22(26(30)32-13-17)21-9-16-5-6-31-27(34)20(16)12-24(21)29/h3-4,9-13,15,25H,5-8,14H2,1-2H3,(H2,30,32)(H,31,34)/t25-/m1/s1. The van der Waals surface area contributed by atoms with Crippen LogP contribution in [0.4, 0.5) is 20.3 Å². The van der Waals surface area contributed by atoms with Crippen LogP contribution in [0.1, 0.15) is 29.8 Å². The maximum atomic E-state index is 15.3. The third kappa shape index (κ3) is 4.46. The van der Waals surface area contributed by atoms with Gasteiger partial charge in [-0.3, -0.25) is 4.79 Å². The number of amides is 1. The van der Waals surface area contributed by atoms with Crippen molar-refractivity contribution in [1.82, 2.24) is 10.3 Å². The Hall–Kier alpha value is -3.52. The van der Waals surface area contributed by atoms with Gasteiger partial charge in [0.2, 0.25) is 0 Å². The Morgan fingerprint density at radius 1 is 1.09 bits per heavy atom. The number of halogens is 2. The van der Waals surface area contributed by atoms with Gasteiger partial charge in [-0.05, 0) is 54.3 Å². The summed E-state index contributed by atoms with van der Waals surface area (Å²) in [6.45, 7) is 6.73. The number of fused-ring (bicyclic) bond motifs is 1. The molecule has 182 valence electrons. The molecule has 3 N–H and O–H groups in total. The molecule has 3 aromatic rings. The fraction of sp³-hybridized carbons (Fsp3) is 0.333. The molecule has 2 aliphatic heterocycles. The Balaban J connectivity index is 1.48. The molecule has 35 heavy (non-hydrogen) atoms. The number of nitrogens with one attached hydrogen (secondary N) is 1. The summed E-state index contributed by atoms with van der Waals surface area (Å²) in [5, 5.41) is 2.71. The van der Waals surface area contributed by atoms with Crippen LogP contribution in [-0.4, -0.2) is 43.2 Å². The first-order valence-electron chi connectivity index (χ1n) is 11.8. The second kappa shape index (κ2) is 9.26. The topological polar surface area (TPSA) is 80.5 Å². The monoisotopic (exact) mass is 478 g/mol. The summed E-state index contributed by atoms with van der Waals surface area (Å²) in [6.07, 6.45) is 2.19. The van der Waals surface area contributed by atoms with Gasteiger partial charge < -0.3 is 20.7 Å². The first kappa shape index (κ1) is 23.2. The first-order valence-corrected chi connectivity index (χ1v) is 11.8. The average molecular weight is 479 g/mol. The molecule has 8 heteroatoms. The summed E-state index contributed by atoms with van der Waals surface area (Å²) in [6, 6.07) is 9.64. The molecule has 0 saturated carbocycles. The summed E-state index contributed by atoms with van der Waals surface area (Å²) < 4.78 is 36.1. The lowest BCUT2D eigenvalue weighted by Gasteiger charge is -2.36. The highest BCUT2D eigenvalue weighted by Crippen LogP contribution is 2.35. The number of nitrogens with zero attached hydrogens (tertiary/aromatic N) is 2. The van der Waals surface area contributed by atoms with E-state index in [1.54, 1.807) is 18.2 Å². The molecule has 5 rings (SSSR count). The molecular weight excluding hydrogens is 450 g/mol. The van der Waals surface area contributed by atoms with Gasteiger partial charge in [0.15, 0.2) is 0 Å². The molecule has 0 unspecified atom stereocenters. The number of anilines is 2. The molecule has 1 amide bonds. The van der Waals surface area contributed by atoms with Crippen LogP contribution < -0.4 is 16.0 Å². The molecule has 3 heterocycles. The zero-order valence-corrected chi connectivity index (χ0v) is 19.8. The van der Waals surface area contributed by atoms with E-state index in [0.717, 1.165) is 11.3 Å². The summed E-state index contributed by atoms with van der Waals surface area (Å²) >= 11 is 0. The zero-order valence-electron chi connectivity index (χ0n) is 19.8. The lowest BCUT2D eigenvalue weighted by molar-refractivity contribution is 0.0114. The van der Waals surface area contributed by atoms with E-state index in [-0.39, 0.29) is 23.4 Å². The van der Waals surface area contributed by atoms with Crippen LogP contribution in [0, 0.1) is 17.6 Å². The van der Waals surface area contributed by atoms with Gasteiger partial charge in [0.25, 0.3) is 5.91 Å². The summed E-state index contributed by atoms with van der Waals surface area (Å²) in [4.78, 5) is 18.4. The van der Waals surface area contributed by atoms with E-state index in [0.29, 0.717) is 60.8 Å². The molecule has 1 fully saturated rings. The molecule has 1 atom stereocenters. The van der Waals surface area contributed by atoms with Crippen LogP contribution in [0.15, 0.2) is 42.6 Å². The van der Waals surface area contributed by atoms with Crippen molar-refractivity contribution in [2.75, 3.05) is 36.9 Å². The van der Waals surface area contributed by atoms with Crippen LogP contribution >= 0.6 is 0 Å². The molecule has 0 aliphatic carbocycles. The van der Waals surface area contributed by atoms with Crippen molar-refractivity contribution in [3.63, 3.8) is 0 Å². The Bertz CT molecular complexity index is 1290. The summed E-state index contributed by atoms with van der Waals surface area (Å²) in [7, 11) is 0. The third-order valence-electron chi connectivity index (χ3n) is 6.79. The largest absolute Gasteiger partial charge is 0.383 e. The highest BCUT2D eigenvalue weighted by Gasteiger charge is 2.25. The van der Waals surface area contributed by atoms with Crippen LogP contribution in [0.25, 0.3) is 22.3 Å². The molecule has 0 bridgehead atoms. The van der Waals surface area contributed by atoms with Gasteiger partial charge in [0, 0.05) is 59.3 Å². The minimum absolute atomic E-state index is 0.105. The number of nitrogens with two attached hydrogens (primary N) is 1.